The van der Waals surface area contributed by atoms with E-state index in [0.717, 1.165) is 20.7 Å². The van der Waals surface area contributed by atoms with Gasteiger partial charge in [-0.05, 0) is 58.5 Å². The fourth-order valence-corrected chi connectivity index (χ4v) is 15.8. The van der Waals surface area contributed by atoms with Crippen LogP contribution in [-0.2, 0) is 18.4 Å². The summed E-state index contributed by atoms with van der Waals surface area (Å²) in [5.74, 6) is -0.564. The molecule has 0 fully saturated rings. The predicted molar refractivity (Wildman–Crippen MR) is 205 cm³/mol. The van der Waals surface area contributed by atoms with E-state index in [-0.39, 0.29) is 5.04 Å². The molecule has 49 heavy (non-hydrogen) atoms. The van der Waals surface area contributed by atoms with Crippen LogP contribution in [0.3, 0.4) is 0 Å². The average Bonchev–Trinajstić information content (AvgIpc) is 3.04. The van der Waals surface area contributed by atoms with Crippen LogP contribution in [0.15, 0.2) is 121 Å². The van der Waals surface area contributed by atoms with Crippen LogP contribution in [0.25, 0.3) is 0 Å². The van der Waals surface area contributed by atoms with E-state index in [4.69, 9.17) is 13.6 Å². The zero-order valence-electron chi connectivity index (χ0n) is 30.7. The van der Waals surface area contributed by atoms with Crippen LogP contribution in [0.5, 0.6) is 0 Å². The number of hydrogen-bond donors (Lipinski definition) is 1. The Hall–Kier alpha value is -3.99. The van der Waals surface area contributed by atoms with E-state index in [0.29, 0.717) is 0 Å². The molecule has 0 heterocycles. The minimum absolute atomic E-state index is 0.359. The van der Waals surface area contributed by atoms with Gasteiger partial charge in [0.05, 0.1) is 6.10 Å². The first-order valence-corrected chi connectivity index (χ1v) is 20.9. The Morgan fingerprint density at radius 2 is 0.878 bits per heavy atom. The molecule has 4 aromatic rings. The molecule has 4 rings (SSSR count). The number of benzene rings is 4. The summed E-state index contributed by atoms with van der Waals surface area (Å²) < 4.78 is 20.1. The second kappa shape index (κ2) is 14.9. The molecule has 260 valence electrons. The zero-order valence-corrected chi connectivity index (χ0v) is 32.7. The molecule has 1 amide bonds. The van der Waals surface area contributed by atoms with E-state index >= 15 is 0 Å². The number of hydrogen-bond acceptors (Lipinski definition) is 5. The zero-order chi connectivity index (χ0) is 36.1. The lowest BCUT2D eigenvalue weighted by Crippen LogP contribution is -2.71. The summed E-state index contributed by atoms with van der Waals surface area (Å²) in [6.07, 6.45) is -1.51. The largest absolute Gasteiger partial charge is 0.508 e. The maximum Gasteiger partial charge on any atom is 0.408 e. The van der Waals surface area contributed by atoms with Crippen LogP contribution in [-0.4, -0.2) is 46.4 Å². The fraction of sp³-hybridized carbons (Fsp3) is 0.366. The molecular formula is C41H53NO5Si2. The molecule has 0 unspecified atom stereocenters. The molecule has 8 heteroatoms. The van der Waals surface area contributed by atoms with Crippen molar-refractivity contribution in [2.45, 2.75) is 97.1 Å². The SMILES string of the molecule is C[C@@H](O[Si](c1ccccc1)(c1ccccc1)C(C)(C)C)[C@@H](NC(=O)OC(C)(C)C)C(=O)O[Si](c1ccccc1)(c1ccccc1)C(C)(C)C. The van der Waals surface area contributed by atoms with E-state index in [2.05, 4.69) is 71.1 Å². The Bertz CT molecular complexity index is 1580. The third kappa shape index (κ3) is 8.25. The lowest BCUT2D eigenvalue weighted by Gasteiger charge is -2.46. The van der Waals surface area contributed by atoms with Crippen LogP contribution in [0.4, 0.5) is 4.79 Å². The molecule has 1 N–H and O–H groups in total. The van der Waals surface area contributed by atoms with Crippen molar-refractivity contribution in [3.05, 3.63) is 121 Å². The standard InChI is InChI=1S/C41H53NO5Si2/c1-31(46-48(40(5,6)7,32-23-15-11-16-24-32)33-25-17-12-18-26-33)36(42-38(44)45-39(2,3)4)37(43)47-49(41(8,9)10,34-27-19-13-20-28-34)35-29-21-14-22-30-35/h11-31,36H,1-10H3,(H,42,44)/t31-,36-/m1/s1. The minimum atomic E-state index is -3.33. The van der Waals surface area contributed by atoms with Gasteiger partial charge < -0.3 is 18.9 Å². The molecule has 0 spiro atoms. The number of amides is 1. The van der Waals surface area contributed by atoms with Crippen LogP contribution >= 0.6 is 0 Å². The molecule has 0 bridgehead atoms. The van der Waals surface area contributed by atoms with Gasteiger partial charge >= 0.3 is 20.4 Å². The number of nitrogens with one attached hydrogen (secondary N) is 1. The molecule has 0 radical (unpaired) electrons. The second-order valence-electron chi connectivity index (χ2n) is 15.7. The van der Waals surface area contributed by atoms with E-state index in [9.17, 15) is 9.59 Å². The van der Waals surface area contributed by atoms with Gasteiger partial charge in [-0.3, -0.25) is 4.79 Å². The normalized spacial score (nSPS) is 14.0. The summed E-state index contributed by atoms with van der Waals surface area (Å²) in [6.45, 7) is 20.1. The van der Waals surface area contributed by atoms with Gasteiger partial charge in [0, 0.05) is 0 Å². The van der Waals surface area contributed by atoms with Gasteiger partial charge in [0.25, 0.3) is 8.32 Å². The van der Waals surface area contributed by atoms with E-state index < -0.39 is 51.5 Å². The van der Waals surface area contributed by atoms with E-state index in [1.807, 2.05) is 104 Å². The lowest BCUT2D eigenvalue weighted by molar-refractivity contribution is -0.140. The van der Waals surface area contributed by atoms with Crippen molar-refractivity contribution < 1.29 is 23.2 Å². The highest BCUT2D eigenvalue weighted by Gasteiger charge is 2.56. The number of alkyl carbamates (subject to hydrolysis) is 1. The quantitative estimate of drug-likeness (QED) is 0.182. The summed E-state index contributed by atoms with van der Waals surface area (Å²) in [5.41, 5.74) is -0.779. The third-order valence-electron chi connectivity index (χ3n) is 8.85. The maximum absolute atomic E-state index is 15.0. The molecule has 0 aromatic heterocycles. The van der Waals surface area contributed by atoms with Gasteiger partial charge in [-0.1, -0.05) is 163 Å². The summed E-state index contributed by atoms with van der Waals surface area (Å²) in [5, 5.41) is 6.13. The van der Waals surface area contributed by atoms with Gasteiger partial charge in [-0.15, -0.1) is 0 Å². The van der Waals surface area contributed by atoms with Crippen LogP contribution in [0.2, 0.25) is 10.1 Å². The molecule has 4 aromatic carbocycles. The Morgan fingerprint density at radius 3 is 1.18 bits per heavy atom. The molecule has 0 saturated carbocycles. The van der Waals surface area contributed by atoms with Gasteiger partial charge in [0.1, 0.15) is 5.60 Å². The van der Waals surface area contributed by atoms with Crippen LogP contribution < -0.4 is 26.1 Å². The van der Waals surface area contributed by atoms with Gasteiger partial charge in [0.2, 0.25) is 0 Å². The molecule has 2 atom stereocenters. The van der Waals surface area contributed by atoms with Crippen molar-refractivity contribution in [3.63, 3.8) is 0 Å². The second-order valence-corrected chi connectivity index (χ2v) is 24.2. The molecular weight excluding hydrogens is 643 g/mol. The van der Waals surface area contributed by atoms with Gasteiger partial charge in [-0.2, -0.15) is 0 Å². The first kappa shape index (κ1) is 37.8. The fourth-order valence-electron chi connectivity index (χ4n) is 6.70. The first-order chi connectivity index (χ1) is 22.9. The van der Waals surface area contributed by atoms with Crippen LogP contribution in [0.1, 0.15) is 69.2 Å². The molecule has 0 aliphatic carbocycles. The Labute approximate surface area is 295 Å². The topological polar surface area (TPSA) is 73.9 Å². The number of carbonyl (C=O) groups excluding carboxylic acids is 2. The summed E-state index contributed by atoms with van der Waals surface area (Å²) in [4.78, 5) is 28.5. The Balaban J connectivity index is 1.90. The van der Waals surface area contributed by atoms with Crippen molar-refractivity contribution in [1.82, 2.24) is 5.32 Å². The van der Waals surface area contributed by atoms with E-state index in [1.165, 1.54) is 0 Å². The average molecular weight is 696 g/mol. The minimum Gasteiger partial charge on any atom is -0.508 e. The summed E-state index contributed by atoms with van der Waals surface area (Å²) in [7, 11) is -6.46. The van der Waals surface area contributed by atoms with Gasteiger partial charge in [0.15, 0.2) is 6.04 Å². The van der Waals surface area contributed by atoms with Crippen molar-refractivity contribution in [2.75, 3.05) is 0 Å². The monoisotopic (exact) mass is 695 g/mol. The Morgan fingerprint density at radius 1 is 0.551 bits per heavy atom. The Kier molecular flexibility index (Phi) is 11.5. The molecule has 6 nitrogen and oxygen atoms in total. The highest BCUT2D eigenvalue weighted by molar-refractivity contribution is 7.00. The molecule has 0 saturated heterocycles. The highest BCUT2D eigenvalue weighted by atomic mass is 28.4. The van der Waals surface area contributed by atoms with Crippen molar-refractivity contribution in [1.29, 1.82) is 0 Å². The number of ether oxygens (including phenoxy) is 1. The number of rotatable bonds is 10. The van der Waals surface area contributed by atoms with Crippen molar-refractivity contribution >= 4 is 49.4 Å². The van der Waals surface area contributed by atoms with Crippen molar-refractivity contribution in [2.24, 2.45) is 0 Å². The molecule has 0 aliphatic rings. The first-order valence-electron chi connectivity index (χ1n) is 17.0. The van der Waals surface area contributed by atoms with Gasteiger partial charge in [-0.25, -0.2) is 4.79 Å². The summed E-state index contributed by atoms with van der Waals surface area (Å²) in [6, 6.07) is 39.3. The van der Waals surface area contributed by atoms with Crippen molar-refractivity contribution in [3.8, 4) is 0 Å². The predicted octanol–water partition coefficient (Wildman–Crippen LogP) is 6.95. The maximum atomic E-state index is 15.0. The lowest BCUT2D eigenvalue weighted by atomic mass is 10.2. The molecule has 0 aliphatic heterocycles. The third-order valence-corrected chi connectivity index (χ3v) is 18.9. The smallest absolute Gasteiger partial charge is 0.408 e. The van der Waals surface area contributed by atoms with Crippen LogP contribution in [0, 0.1) is 0 Å². The summed E-state index contributed by atoms with van der Waals surface area (Å²) >= 11 is 0. The van der Waals surface area contributed by atoms with E-state index in [1.54, 1.807) is 20.8 Å². The number of carbonyl (C=O) groups is 2. The highest BCUT2D eigenvalue weighted by Crippen LogP contribution is 2.39.